The summed E-state index contributed by atoms with van der Waals surface area (Å²) < 4.78 is 10.4. The van der Waals surface area contributed by atoms with E-state index < -0.39 is 11.8 Å². The minimum atomic E-state index is -0.776. The molecule has 1 fully saturated rings. The van der Waals surface area contributed by atoms with Gasteiger partial charge in [-0.25, -0.2) is 0 Å². The first-order valence-corrected chi connectivity index (χ1v) is 9.94. The molecule has 8 heteroatoms. The molecule has 0 bridgehead atoms. The molecule has 0 aliphatic carbocycles. The number of nitrogens with one attached hydrogen (secondary N) is 2. The van der Waals surface area contributed by atoms with Gasteiger partial charge in [-0.15, -0.1) is 0 Å². The summed E-state index contributed by atoms with van der Waals surface area (Å²) in [6.45, 7) is 4.81. The molecule has 0 radical (unpaired) electrons. The minimum absolute atomic E-state index is 0.0777. The van der Waals surface area contributed by atoms with Crippen LogP contribution in [-0.4, -0.2) is 54.7 Å². The van der Waals surface area contributed by atoms with Crippen LogP contribution in [0.1, 0.15) is 17.4 Å². The summed E-state index contributed by atoms with van der Waals surface area (Å²) in [5, 5.41) is 11.2. The molecule has 1 saturated heterocycles. The van der Waals surface area contributed by atoms with Crippen LogP contribution in [0.15, 0.2) is 53.1 Å². The van der Waals surface area contributed by atoms with Crippen LogP contribution in [0.4, 0.5) is 5.82 Å². The zero-order valence-corrected chi connectivity index (χ0v) is 16.8. The number of fused-ring (bicyclic) bond motifs is 1. The Morgan fingerprint density at radius 2 is 1.87 bits per heavy atom. The van der Waals surface area contributed by atoms with E-state index in [2.05, 4.69) is 45.0 Å². The highest BCUT2D eigenvalue weighted by atomic mass is 16.5. The van der Waals surface area contributed by atoms with Gasteiger partial charge in [0.2, 0.25) is 0 Å². The number of aryl methyl sites for hydroxylation is 1. The first kappa shape index (κ1) is 20.1. The van der Waals surface area contributed by atoms with Gasteiger partial charge < -0.3 is 14.6 Å². The van der Waals surface area contributed by atoms with Crippen LogP contribution < -0.4 is 10.6 Å². The van der Waals surface area contributed by atoms with E-state index >= 15 is 0 Å². The van der Waals surface area contributed by atoms with Crippen LogP contribution in [0.5, 0.6) is 0 Å². The van der Waals surface area contributed by atoms with E-state index in [0.29, 0.717) is 25.5 Å². The Hall–Kier alpha value is -3.23. The lowest BCUT2D eigenvalue weighted by Gasteiger charge is -2.35. The zero-order valence-electron chi connectivity index (χ0n) is 16.8. The highest BCUT2D eigenvalue weighted by Crippen LogP contribution is 2.28. The van der Waals surface area contributed by atoms with Crippen molar-refractivity contribution in [1.29, 1.82) is 0 Å². The minimum Gasteiger partial charge on any atom is -0.379 e. The Morgan fingerprint density at radius 1 is 1.10 bits per heavy atom. The van der Waals surface area contributed by atoms with Crippen molar-refractivity contribution in [1.82, 2.24) is 15.4 Å². The Bertz CT molecular complexity index is 1040. The number of anilines is 1. The van der Waals surface area contributed by atoms with E-state index in [1.807, 2.05) is 18.2 Å². The molecular formula is C22H24N4O4. The Balaban J connectivity index is 1.51. The first-order chi connectivity index (χ1) is 14.6. The fraction of sp³-hybridized carbons (Fsp3) is 0.318. The molecule has 156 valence electrons. The van der Waals surface area contributed by atoms with Crippen molar-refractivity contribution in [3.8, 4) is 0 Å². The van der Waals surface area contributed by atoms with Crippen molar-refractivity contribution in [2.24, 2.45) is 0 Å². The van der Waals surface area contributed by atoms with Crippen molar-refractivity contribution in [2.45, 2.75) is 13.0 Å². The quantitative estimate of drug-likeness (QED) is 0.629. The van der Waals surface area contributed by atoms with Crippen LogP contribution >= 0.6 is 0 Å². The molecule has 1 aromatic heterocycles. The second-order valence-corrected chi connectivity index (χ2v) is 7.22. The fourth-order valence-corrected chi connectivity index (χ4v) is 3.73. The predicted molar refractivity (Wildman–Crippen MR) is 112 cm³/mol. The smallest absolute Gasteiger partial charge is 0.314 e. The molecule has 0 spiro atoms. The van der Waals surface area contributed by atoms with Crippen molar-refractivity contribution >= 4 is 28.4 Å². The number of benzene rings is 2. The number of hydrogen-bond acceptors (Lipinski definition) is 6. The van der Waals surface area contributed by atoms with Gasteiger partial charge in [-0.1, -0.05) is 47.6 Å². The van der Waals surface area contributed by atoms with Gasteiger partial charge in [0.15, 0.2) is 5.82 Å². The largest absolute Gasteiger partial charge is 0.379 e. The molecular weight excluding hydrogens is 384 g/mol. The molecule has 2 heterocycles. The molecule has 1 atom stereocenters. The molecule has 2 amide bonds. The van der Waals surface area contributed by atoms with Gasteiger partial charge in [0.25, 0.3) is 0 Å². The summed E-state index contributed by atoms with van der Waals surface area (Å²) in [6.07, 6.45) is 0. The summed E-state index contributed by atoms with van der Waals surface area (Å²) in [4.78, 5) is 26.9. The van der Waals surface area contributed by atoms with E-state index in [4.69, 9.17) is 9.26 Å². The summed E-state index contributed by atoms with van der Waals surface area (Å²) in [7, 11) is 0. The van der Waals surface area contributed by atoms with Gasteiger partial charge in [0.1, 0.15) is 5.76 Å². The lowest BCUT2D eigenvalue weighted by Crippen LogP contribution is -2.45. The van der Waals surface area contributed by atoms with Crippen molar-refractivity contribution < 1.29 is 18.8 Å². The van der Waals surface area contributed by atoms with E-state index in [9.17, 15) is 9.59 Å². The van der Waals surface area contributed by atoms with Gasteiger partial charge in [0, 0.05) is 25.7 Å². The highest BCUT2D eigenvalue weighted by molar-refractivity contribution is 6.39. The molecule has 0 unspecified atom stereocenters. The van der Waals surface area contributed by atoms with Crippen LogP contribution in [0.25, 0.3) is 10.8 Å². The fourth-order valence-electron chi connectivity index (χ4n) is 3.73. The molecule has 2 aromatic carbocycles. The number of nitrogens with zero attached hydrogens (tertiary/aromatic N) is 2. The maximum absolute atomic E-state index is 12.4. The number of rotatable bonds is 5. The maximum Gasteiger partial charge on any atom is 0.314 e. The third-order valence-corrected chi connectivity index (χ3v) is 5.20. The highest BCUT2D eigenvalue weighted by Gasteiger charge is 2.26. The standard InChI is InChI=1S/C22H24N4O4/c1-15-13-20(25-30-15)24-22(28)21(27)23-14-19(26-9-11-29-12-10-26)18-8-4-6-16-5-2-3-7-17(16)18/h2-8,13,19H,9-12,14H2,1H3,(H,23,27)(H,24,25,28)/t19-/m0/s1. The molecule has 2 N–H and O–H groups in total. The van der Waals surface area contributed by atoms with Gasteiger partial charge >= 0.3 is 11.8 Å². The van der Waals surface area contributed by atoms with Crippen molar-refractivity contribution in [3.05, 3.63) is 59.9 Å². The van der Waals surface area contributed by atoms with Gasteiger partial charge in [0.05, 0.1) is 19.3 Å². The predicted octanol–water partition coefficient (Wildman–Crippen LogP) is 2.26. The third-order valence-electron chi connectivity index (χ3n) is 5.20. The second kappa shape index (κ2) is 9.06. The number of carbonyl (C=O) groups is 2. The number of morpholine rings is 1. The summed E-state index contributed by atoms with van der Waals surface area (Å²) in [5.74, 6) is -0.725. The maximum atomic E-state index is 12.4. The van der Waals surface area contributed by atoms with Crippen molar-refractivity contribution in [2.75, 3.05) is 38.2 Å². The topological polar surface area (TPSA) is 96.7 Å². The number of aromatic nitrogens is 1. The third kappa shape index (κ3) is 4.50. The zero-order chi connectivity index (χ0) is 20.9. The molecule has 30 heavy (non-hydrogen) atoms. The van der Waals surface area contributed by atoms with Gasteiger partial charge in [-0.2, -0.15) is 0 Å². The van der Waals surface area contributed by atoms with Crippen LogP contribution in [0.3, 0.4) is 0 Å². The summed E-state index contributed by atoms with van der Waals surface area (Å²) >= 11 is 0. The first-order valence-electron chi connectivity index (χ1n) is 9.94. The SMILES string of the molecule is Cc1cc(NC(=O)C(=O)NC[C@@H](c2cccc3ccccc23)N2CCOCC2)no1. The number of hydrogen-bond donors (Lipinski definition) is 2. The summed E-state index contributed by atoms with van der Waals surface area (Å²) in [5.41, 5.74) is 1.11. The lowest BCUT2D eigenvalue weighted by molar-refractivity contribution is -0.136. The lowest BCUT2D eigenvalue weighted by atomic mass is 9.97. The van der Waals surface area contributed by atoms with E-state index in [1.165, 1.54) is 0 Å². The van der Waals surface area contributed by atoms with Gasteiger partial charge in [-0.05, 0) is 23.3 Å². The monoisotopic (exact) mass is 408 g/mol. The number of carbonyl (C=O) groups excluding carboxylic acids is 2. The molecule has 4 rings (SSSR count). The average molecular weight is 408 g/mol. The normalized spacial score (nSPS) is 15.6. The van der Waals surface area contributed by atoms with Crippen LogP contribution in [-0.2, 0) is 14.3 Å². The average Bonchev–Trinajstić information content (AvgIpc) is 3.19. The Morgan fingerprint density at radius 3 is 2.63 bits per heavy atom. The van der Waals surface area contributed by atoms with E-state index in [1.54, 1.807) is 13.0 Å². The second-order valence-electron chi connectivity index (χ2n) is 7.22. The summed E-state index contributed by atoms with van der Waals surface area (Å²) in [6, 6.07) is 15.8. The van der Waals surface area contributed by atoms with Crippen LogP contribution in [0, 0.1) is 6.92 Å². The van der Waals surface area contributed by atoms with Crippen molar-refractivity contribution in [3.63, 3.8) is 0 Å². The van der Waals surface area contributed by atoms with Gasteiger partial charge in [-0.3, -0.25) is 19.8 Å². The Kier molecular flexibility index (Phi) is 6.06. The molecule has 3 aromatic rings. The molecule has 1 aliphatic heterocycles. The van der Waals surface area contributed by atoms with E-state index in [-0.39, 0.29) is 11.9 Å². The molecule has 8 nitrogen and oxygen atoms in total. The molecule has 0 saturated carbocycles. The van der Waals surface area contributed by atoms with E-state index in [0.717, 1.165) is 29.4 Å². The Labute approximate surface area is 174 Å². The number of ether oxygens (including phenoxy) is 1. The number of amides is 2. The van der Waals surface area contributed by atoms with Crippen LogP contribution in [0.2, 0.25) is 0 Å². The molecule has 1 aliphatic rings.